The van der Waals surface area contributed by atoms with Crippen LogP contribution in [0.3, 0.4) is 0 Å². The van der Waals surface area contributed by atoms with E-state index in [4.69, 9.17) is 24.5 Å². The number of carbonyl (C=O) groups excluding carboxylic acids is 1. The van der Waals surface area contributed by atoms with E-state index in [0.29, 0.717) is 25.4 Å². The van der Waals surface area contributed by atoms with Crippen LogP contribution in [0.4, 0.5) is 4.39 Å². The van der Waals surface area contributed by atoms with Crippen molar-refractivity contribution < 1.29 is 33.7 Å². The zero-order chi connectivity index (χ0) is 21.9. The van der Waals surface area contributed by atoms with Crippen molar-refractivity contribution in [2.24, 2.45) is 0 Å². The number of piperazine rings is 1. The van der Waals surface area contributed by atoms with Crippen LogP contribution in [-0.4, -0.2) is 70.6 Å². The highest BCUT2D eigenvalue weighted by Crippen LogP contribution is 2.12. The number of carboxylic acid groups (broad SMARTS) is 2. The number of rotatable bonds is 5. The molecule has 0 aliphatic carbocycles. The predicted octanol–water partition coefficient (Wildman–Crippen LogP) is 1.70. The Morgan fingerprint density at radius 2 is 1.53 bits per heavy atom. The summed E-state index contributed by atoms with van der Waals surface area (Å²) in [6.45, 7) is 3.69. The summed E-state index contributed by atoms with van der Waals surface area (Å²) in [6, 6.07) is 16.0. The van der Waals surface area contributed by atoms with Crippen LogP contribution in [0.15, 0.2) is 54.6 Å². The van der Waals surface area contributed by atoms with Crippen LogP contribution in [0.1, 0.15) is 5.56 Å². The van der Waals surface area contributed by atoms with E-state index >= 15 is 0 Å². The lowest BCUT2D eigenvalue weighted by molar-refractivity contribution is -0.159. The first-order valence-electron chi connectivity index (χ1n) is 9.24. The molecule has 2 aromatic rings. The fourth-order valence-corrected chi connectivity index (χ4v) is 2.80. The minimum Gasteiger partial charge on any atom is -0.484 e. The van der Waals surface area contributed by atoms with E-state index in [9.17, 15) is 9.18 Å². The first kappa shape index (κ1) is 22.8. The summed E-state index contributed by atoms with van der Waals surface area (Å²) in [5.74, 6) is -3.15. The van der Waals surface area contributed by atoms with E-state index in [2.05, 4.69) is 4.90 Å². The van der Waals surface area contributed by atoms with Crippen LogP contribution in [0.2, 0.25) is 0 Å². The predicted molar refractivity (Wildman–Crippen MR) is 105 cm³/mol. The highest BCUT2D eigenvalue weighted by Gasteiger charge is 2.21. The lowest BCUT2D eigenvalue weighted by atomic mass is 10.2. The minimum atomic E-state index is -1.82. The number of hydrogen-bond donors (Lipinski definition) is 2. The van der Waals surface area contributed by atoms with Gasteiger partial charge in [-0.05, 0) is 29.8 Å². The SMILES string of the molecule is O=C(COc1ccccc1)N1CCN(Cc2cccc(F)c2)CC1.O=C(O)C(=O)O. The van der Waals surface area contributed by atoms with E-state index < -0.39 is 11.9 Å². The number of carbonyl (C=O) groups is 3. The van der Waals surface area contributed by atoms with Gasteiger partial charge in [0.2, 0.25) is 0 Å². The molecule has 2 aromatic carbocycles. The van der Waals surface area contributed by atoms with Gasteiger partial charge in [-0.15, -0.1) is 0 Å². The van der Waals surface area contributed by atoms with E-state index in [0.717, 1.165) is 18.7 Å². The Balaban J connectivity index is 0.000000469. The second-order valence-electron chi connectivity index (χ2n) is 6.50. The van der Waals surface area contributed by atoms with E-state index in [-0.39, 0.29) is 18.3 Å². The van der Waals surface area contributed by atoms with E-state index in [1.807, 2.05) is 41.3 Å². The second kappa shape index (κ2) is 11.5. The third-order valence-electron chi connectivity index (χ3n) is 4.31. The number of halogens is 1. The molecule has 1 aliphatic rings. The van der Waals surface area contributed by atoms with Gasteiger partial charge in [0.1, 0.15) is 11.6 Å². The van der Waals surface area contributed by atoms with Crippen molar-refractivity contribution in [2.45, 2.75) is 6.54 Å². The molecule has 0 aromatic heterocycles. The van der Waals surface area contributed by atoms with Crippen molar-refractivity contribution in [3.8, 4) is 5.75 Å². The van der Waals surface area contributed by atoms with Crippen LogP contribution >= 0.6 is 0 Å². The van der Waals surface area contributed by atoms with Gasteiger partial charge in [0, 0.05) is 32.7 Å². The third kappa shape index (κ3) is 7.88. The van der Waals surface area contributed by atoms with Crippen LogP contribution < -0.4 is 4.74 Å². The molecule has 1 heterocycles. The molecule has 1 amide bonds. The first-order chi connectivity index (χ1) is 14.3. The van der Waals surface area contributed by atoms with Crippen molar-refractivity contribution in [1.82, 2.24) is 9.80 Å². The van der Waals surface area contributed by atoms with Gasteiger partial charge in [-0.2, -0.15) is 0 Å². The Morgan fingerprint density at radius 3 is 2.10 bits per heavy atom. The molecule has 0 atom stereocenters. The fourth-order valence-electron chi connectivity index (χ4n) is 2.80. The summed E-state index contributed by atoms with van der Waals surface area (Å²) < 4.78 is 18.7. The van der Waals surface area contributed by atoms with Crippen molar-refractivity contribution in [3.63, 3.8) is 0 Å². The second-order valence-corrected chi connectivity index (χ2v) is 6.50. The molecule has 0 unspecified atom stereocenters. The summed E-state index contributed by atoms with van der Waals surface area (Å²) >= 11 is 0. The summed E-state index contributed by atoms with van der Waals surface area (Å²) in [5.41, 5.74) is 0.960. The van der Waals surface area contributed by atoms with Gasteiger partial charge in [-0.3, -0.25) is 9.69 Å². The topological polar surface area (TPSA) is 107 Å². The average Bonchev–Trinajstić information content (AvgIpc) is 2.74. The number of aliphatic carboxylic acids is 2. The third-order valence-corrected chi connectivity index (χ3v) is 4.31. The number of amides is 1. The highest BCUT2D eigenvalue weighted by molar-refractivity contribution is 6.27. The monoisotopic (exact) mass is 418 g/mol. The summed E-state index contributed by atoms with van der Waals surface area (Å²) in [7, 11) is 0. The van der Waals surface area contributed by atoms with Gasteiger partial charge in [-0.25, -0.2) is 14.0 Å². The molecule has 9 heteroatoms. The first-order valence-corrected chi connectivity index (χ1v) is 9.24. The van der Waals surface area contributed by atoms with Crippen molar-refractivity contribution in [1.29, 1.82) is 0 Å². The van der Waals surface area contributed by atoms with Crippen LogP contribution in [0, 0.1) is 5.82 Å². The van der Waals surface area contributed by atoms with Gasteiger partial charge in [0.15, 0.2) is 6.61 Å². The normalized spacial score (nSPS) is 13.7. The molecule has 1 aliphatic heterocycles. The molecule has 1 saturated heterocycles. The Morgan fingerprint density at radius 1 is 0.900 bits per heavy atom. The van der Waals surface area contributed by atoms with Gasteiger partial charge < -0.3 is 19.8 Å². The lowest BCUT2D eigenvalue weighted by Gasteiger charge is -2.34. The van der Waals surface area contributed by atoms with E-state index in [1.165, 1.54) is 6.07 Å². The molecule has 8 nitrogen and oxygen atoms in total. The van der Waals surface area contributed by atoms with Gasteiger partial charge in [0.05, 0.1) is 0 Å². The molecule has 0 bridgehead atoms. The smallest absolute Gasteiger partial charge is 0.414 e. The molecule has 160 valence electrons. The van der Waals surface area contributed by atoms with Crippen LogP contribution in [-0.2, 0) is 20.9 Å². The average molecular weight is 418 g/mol. The molecule has 2 N–H and O–H groups in total. The molecular weight excluding hydrogens is 395 g/mol. The zero-order valence-corrected chi connectivity index (χ0v) is 16.2. The molecular formula is C21H23FN2O6. The maximum atomic E-state index is 13.2. The van der Waals surface area contributed by atoms with Gasteiger partial charge >= 0.3 is 11.9 Å². The highest BCUT2D eigenvalue weighted by atomic mass is 19.1. The molecule has 3 rings (SSSR count). The Hall–Kier alpha value is -3.46. The molecule has 0 spiro atoms. The Labute approximate surface area is 173 Å². The maximum absolute atomic E-state index is 13.2. The van der Waals surface area contributed by atoms with Crippen molar-refractivity contribution in [3.05, 3.63) is 66.0 Å². The van der Waals surface area contributed by atoms with Gasteiger partial charge in [-0.1, -0.05) is 30.3 Å². The molecule has 0 saturated carbocycles. The molecule has 1 fully saturated rings. The van der Waals surface area contributed by atoms with Crippen molar-refractivity contribution in [2.75, 3.05) is 32.8 Å². The zero-order valence-electron chi connectivity index (χ0n) is 16.2. The lowest BCUT2D eigenvalue weighted by Crippen LogP contribution is -2.49. The van der Waals surface area contributed by atoms with Gasteiger partial charge in [0.25, 0.3) is 5.91 Å². The largest absolute Gasteiger partial charge is 0.484 e. The number of nitrogens with zero attached hydrogens (tertiary/aromatic N) is 2. The number of para-hydroxylation sites is 1. The summed E-state index contributed by atoms with van der Waals surface area (Å²) in [5, 5.41) is 14.8. The van der Waals surface area contributed by atoms with E-state index in [1.54, 1.807) is 12.1 Å². The number of ether oxygens (including phenoxy) is 1. The van der Waals surface area contributed by atoms with Crippen molar-refractivity contribution >= 4 is 17.8 Å². The minimum absolute atomic E-state index is 0.00394. The fraction of sp³-hybridized carbons (Fsp3) is 0.286. The molecule has 0 radical (unpaired) electrons. The number of hydrogen-bond acceptors (Lipinski definition) is 5. The van der Waals surface area contributed by atoms with Crippen LogP contribution in [0.25, 0.3) is 0 Å². The number of carboxylic acids is 2. The Kier molecular flexibility index (Phi) is 8.76. The standard InChI is InChI=1S/C19H21FN2O2.C2H2O4/c20-17-6-4-5-16(13-17)14-21-9-11-22(12-10-21)19(23)15-24-18-7-2-1-3-8-18;3-1(4)2(5)6/h1-8,13H,9-12,14-15H2;(H,3,4)(H,5,6). The maximum Gasteiger partial charge on any atom is 0.414 e. The number of benzene rings is 2. The quantitative estimate of drug-likeness (QED) is 0.712. The Bertz CT molecular complexity index is 842. The summed E-state index contributed by atoms with van der Waals surface area (Å²) in [4.78, 5) is 34.5. The summed E-state index contributed by atoms with van der Waals surface area (Å²) in [6.07, 6.45) is 0. The molecule has 30 heavy (non-hydrogen) atoms. The van der Waals surface area contributed by atoms with Crippen LogP contribution in [0.5, 0.6) is 5.75 Å².